The number of hydrazine groups is 1. The maximum atomic E-state index is 12.0. The number of carbonyl (C=O) groups is 1. The molecule has 108 valence electrons. The lowest BCUT2D eigenvalue weighted by Crippen LogP contribution is -2.48. The van der Waals surface area contributed by atoms with Gasteiger partial charge < -0.3 is 0 Å². The molecule has 5 heteroatoms. The number of nitrogens with one attached hydrogen (secondary N) is 1. The van der Waals surface area contributed by atoms with Crippen LogP contribution in [0.25, 0.3) is 0 Å². The van der Waals surface area contributed by atoms with Gasteiger partial charge in [0.15, 0.2) is 5.82 Å². The van der Waals surface area contributed by atoms with E-state index >= 15 is 0 Å². The van der Waals surface area contributed by atoms with Crippen LogP contribution in [0.15, 0.2) is 23.3 Å². The Balaban J connectivity index is 2.12. The maximum absolute atomic E-state index is 12.0. The molecule has 1 amide bonds. The quantitative estimate of drug-likeness (QED) is 0.809. The molecule has 0 aliphatic carbocycles. The Morgan fingerprint density at radius 2 is 2.15 bits per heavy atom. The Bertz CT molecular complexity index is 498. The first kappa shape index (κ1) is 14.5. The molecule has 0 unspecified atom stereocenters. The van der Waals surface area contributed by atoms with Gasteiger partial charge in [-0.1, -0.05) is 33.1 Å². The van der Waals surface area contributed by atoms with Crippen molar-refractivity contribution in [3.63, 3.8) is 0 Å². The molecule has 0 atom stereocenters. The molecule has 0 bridgehead atoms. The van der Waals surface area contributed by atoms with Gasteiger partial charge in [-0.05, 0) is 18.6 Å². The average Bonchev–Trinajstić information content (AvgIpc) is 2.50. The van der Waals surface area contributed by atoms with Crippen LogP contribution in [0.5, 0.6) is 0 Å². The Kier molecular flexibility index (Phi) is 5.09. The maximum Gasteiger partial charge on any atom is 0.246 e. The van der Waals surface area contributed by atoms with E-state index in [2.05, 4.69) is 22.3 Å². The van der Waals surface area contributed by atoms with Crippen molar-refractivity contribution in [1.29, 1.82) is 0 Å². The number of amides is 1. The molecule has 0 saturated carbocycles. The highest BCUT2D eigenvalue weighted by molar-refractivity contribution is 6.02. The highest BCUT2D eigenvalue weighted by atomic mass is 16.2. The van der Waals surface area contributed by atoms with Gasteiger partial charge in [-0.3, -0.25) is 10.2 Å². The topological polar surface area (TPSA) is 57.6 Å². The molecule has 2 rings (SSSR count). The van der Waals surface area contributed by atoms with Crippen molar-refractivity contribution >= 4 is 23.2 Å². The largest absolute Gasteiger partial charge is 0.277 e. The van der Waals surface area contributed by atoms with E-state index in [1.165, 1.54) is 24.3 Å². The van der Waals surface area contributed by atoms with Crippen molar-refractivity contribution in [2.24, 2.45) is 4.99 Å². The number of nitrogens with zero attached hydrogens (tertiary/aromatic N) is 3. The van der Waals surface area contributed by atoms with Crippen molar-refractivity contribution in [1.82, 2.24) is 10.4 Å². The summed E-state index contributed by atoms with van der Waals surface area (Å²) in [5, 5.41) is 1.53. The van der Waals surface area contributed by atoms with Crippen LogP contribution in [0, 0.1) is 0 Å². The second-order valence-electron chi connectivity index (χ2n) is 4.91. The molecule has 1 aromatic heterocycles. The minimum Gasteiger partial charge on any atom is -0.277 e. The van der Waals surface area contributed by atoms with Gasteiger partial charge in [0.1, 0.15) is 11.5 Å². The number of amidine groups is 1. The summed E-state index contributed by atoms with van der Waals surface area (Å²) in [5.74, 6) is 1.45. The summed E-state index contributed by atoms with van der Waals surface area (Å²) < 4.78 is 0. The molecule has 0 fully saturated rings. The van der Waals surface area contributed by atoms with E-state index < -0.39 is 0 Å². The summed E-state index contributed by atoms with van der Waals surface area (Å²) in [6, 6.07) is 3.74. The molecule has 0 radical (unpaired) electrons. The van der Waals surface area contributed by atoms with Crippen molar-refractivity contribution in [3.8, 4) is 0 Å². The summed E-state index contributed by atoms with van der Waals surface area (Å²) in [7, 11) is 0. The standard InChI is InChI=1S/C15H22N4O/c1-3-5-6-7-10-13-17-12-9-8-11-16-15(12)19(18-13)14(20)4-2/h8-9,11H,3-7,10H2,1-2H3,(H,17,18). The van der Waals surface area contributed by atoms with Crippen LogP contribution in [0.1, 0.15) is 52.4 Å². The van der Waals surface area contributed by atoms with Crippen molar-refractivity contribution in [2.45, 2.75) is 52.4 Å². The van der Waals surface area contributed by atoms with Gasteiger partial charge in [0, 0.05) is 19.0 Å². The summed E-state index contributed by atoms with van der Waals surface area (Å²) in [5.41, 5.74) is 3.87. The number of hydrogen-bond donors (Lipinski definition) is 1. The highest BCUT2D eigenvalue weighted by Gasteiger charge is 2.24. The van der Waals surface area contributed by atoms with E-state index in [1.807, 2.05) is 19.1 Å². The molecular weight excluding hydrogens is 252 g/mol. The van der Waals surface area contributed by atoms with Crippen LogP contribution in [0.4, 0.5) is 11.5 Å². The summed E-state index contributed by atoms with van der Waals surface area (Å²) >= 11 is 0. The Labute approximate surface area is 120 Å². The van der Waals surface area contributed by atoms with Crippen molar-refractivity contribution < 1.29 is 4.79 Å². The minimum absolute atomic E-state index is 0.00547. The monoisotopic (exact) mass is 274 g/mol. The van der Waals surface area contributed by atoms with Gasteiger partial charge >= 0.3 is 0 Å². The Hall–Kier alpha value is -1.91. The van der Waals surface area contributed by atoms with Crippen molar-refractivity contribution in [2.75, 3.05) is 5.01 Å². The SMILES string of the molecule is CCCCCCC1=Nc2cccnc2N(C(=O)CC)N1. The summed E-state index contributed by atoms with van der Waals surface area (Å²) in [6.45, 7) is 4.04. The van der Waals surface area contributed by atoms with Gasteiger partial charge in [-0.2, -0.15) is 0 Å². The first-order chi connectivity index (χ1) is 9.76. The van der Waals surface area contributed by atoms with Gasteiger partial charge in [0.05, 0.1) is 0 Å². The van der Waals surface area contributed by atoms with Crippen LogP contribution < -0.4 is 10.4 Å². The van der Waals surface area contributed by atoms with Gasteiger partial charge in [0.25, 0.3) is 0 Å². The molecule has 1 aliphatic heterocycles. The second-order valence-corrected chi connectivity index (χ2v) is 4.91. The lowest BCUT2D eigenvalue weighted by Gasteiger charge is -2.28. The zero-order valence-corrected chi connectivity index (χ0v) is 12.2. The minimum atomic E-state index is 0.00547. The summed E-state index contributed by atoms with van der Waals surface area (Å²) in [4.78, 5) is 20.8. The number of rotatable bonds is 6. The predicted molar refractivity (Wildman–Crippen MR) is 81.0 cm³/mol. The number of anilines is 1. The highest BCUT2D eigenvalue weighted by Crippen LogP contribution is 2.28. The lowest BCUT2D eigenvalue weighted by molar-refractivity contribution is -0.118. The first-order valence-electron chi connectivity index (χ1n) is 7.38. The number of hydrogen-bond acceptors (Lipinski definition) is 4. The number of unbranched alkanes of at least 4 members (excludes halogenated alkanes) is 3. The van der Waals surface area contributed by atoms with E-state index in [4.69, 9.17) is 0 Å². The predicted octanol–water partition coefficient (Wildman–Crippen LogP) is 3.34. The Morgan fingerprint density at radius 3 is 2.90 bits per heavy atom. The van der Waals surface area contributed by atoms with Gasteiger partial charge in [-0.15, -0.1) is 0 Å². The molecule has 5 nitrogen and oxygen atoms in total. The van der Waals surface area contributed by atoms with Crippen LogP contribution in [0.3, 0.4) is 0 Å². The molecule has 20 heavy (non-hydrogen) atoms. The molecule has 1 N–H and O–H groups in total. The van der Waals surface area contributed by atoms with E-state index in [9.17, 15) is 4.79 Å². The number of carbonyl (C=O) groups excluding carboxylic acids is 1. The number of fused-ring (bicyclic) bond motifs is 1. The molecule has 1 aliphatic rings. The third-order valence-corrected chi connectivity index (χ3v) is 3.29. The van der Waals surface area contributed by atoms with E-state index in [1.54, 1.807) is 6.20 Å². The molecule has 1 aromatic rings. The fourth-order valence-corrected chi connectivity index (χ4v) is 2.17. The van der Waals surface area contributed by atoms with Gasteiger partial charge in [0.2, 0.25) is 5.91 Å². The zero-order valence-electron chi connectivity index (χ0n) is 12.2. The van der Waals surface area contributed by atoms with Crippen molar-refractivity contribution in [3.05, 3.63) is 18.3 Å². The average molecular weight is 274 g/mol. The van der Waals surface area contributed by atoms with E-state index in [-0.39, 0.29) is 5.91 Å². The van der Waals surface area contributed by atoms with E-state index in [0.717, 1.165) is 24.4 Å². The third-order valence-electron chi connectivity index (χ3n) is 3.29. The molecular formula is C15H22N4O. The van der Waals surface area contributed by atoms with E-state index in [0.29, 0.717) is 12.2 Å². The number of aromatic nitrogens is 1. The lowest BCUT2D eigenvalue weighted by atomic mass is 10.1. The molecule has 0 aromatic carbocycles. The third kappa shape index (κ3) is 3.35. The number of pyridine rings is 1. The normalized spacial score (nSPS) is 13.5. The van der Waals surface area contributed by atoms with Crippen LogP contribution in [0.2, 0.25) is 0 Å². The van der Waals surface area contributed by atoms with Crippen LogP contribution in [-0.4, -0.2) is 16.7 Å². The molecule has 0 spiro atoms. The fourth-order valence-electron chi connectivity index (χ4n) is 2.17. The van der Waals surface area contributed by atoms with Crippen LogP contribution >= 0.6 is 0 Å². The summed E-state index contributed by atoms with van der Waals surface area (Å²) in [6.07, 6.45) is 7.71. The Morgan fingerprint density at radius 1 is 1.30 bits per heavy atom. The van der Waals surface area contributed by atoms with Gasteiger partial charge in [-0.25, -0.2) is 15.0 Å². The first-order valence-corrected chi connectivity index (χ1v) is 7.38. The zero-order chi connectivity index (χ0) is 14.4. The second kappa shape index (κ2) is 7.03. The molecule has 0 saturated heterocycles. The number of aliphatic imine (C=N–C) groups is 1. The van der Waals surface area contributed by atoms with Crippen LogP contribution in [-0.2, 0) is 4.79 Å². The fraction of sp³-hybridized carbons (Fsp3) is 0.533. The smallest absolute Gasteiger partial charge is 0.246 e. The molecule has 2 heterocycles.